The molecule has 0 aliphatic carbocycles. The van der Waals surface area contributed by atoms with E-state index in [4.69, 9.17) is 0 Å². The van der Waals surface area contributed by atoms with E-state index in [9.17, 15) is 9.59 Å². The zero-order valence-corrected chi connectivity index (χ0v) is 10.1. The number of carbonyl (C=O) groups is 1. The largest absolute Gasteiger partial charge is 0.352 e. The molecule has 1 amide bonds. The Hall–Kier alpha value is -1.17. The number of hydrogen-bond acceptors (Lipinski definition) is 3. The Labute approximate surface area is 95.6 Å². The Morgan fingerprint density at radius 3 is 2.93 bits per heavy atom. The lowest BCUT2D eigenvalue weighted by molar-refractivity contribution is -0.122. The van der Waals surface area contributed by atoms with Crippen molar-refractivity contribution in [3.05, 3.63) is 27.4 Å². The van der Waals surface area contributed by atoms with Gasteiger partial charge in [-0.15, -0.1) is 0 Å². The highest BCUT2D eigenvalue weighted by Gasteiger charge is 2.07. The molecule has 0 unspecified atom stereocenters. The molecule has 0 aliphatic heterocycles. The average molecular weight is 274 g/mol. The standard InChI is InChI=1S/C9H12BrN3O2/c1-6(2)12-8(14)4-13-5-11-3-7(10)9(13)15/h3,5-6H,4H2,1-2H3,(H,12,14). The first-order chi connectivity index (χ1) is 7.00. The topological polar surface area (TPSA) is 64.0 Å². The Kier molecular flexibility index (Phi) is 4.02. The van der Waals surface area contributed by atoms with Crippen LogP contribution in [-0.4, -0.2) is 21.5 Å². The lowest BCUT2D eigenvalue weighted by Crippen LogP contribution is -2.36. The van der Waals surface area contributed by atoms with Crippen molar-refractivity contribution in [3.8, 4) is 0 Å². The molecule has 0 fully saturated rings. The summed E-state index contributed by atoms with van der Waals surface area (Å²) in [4.78, 5) is 26.7. The Morgan fingerprint density at radius 2 is 2.33 bits per heavy atom. The summed E-state index contributed by atoms with van der Waals surface area (Å²) in [5.41, 5.74) is -0.260. The van der Waals surface area contributed by atoms with Gasteiger partial charge in [-0.25, -0.2) is 4.98 Å². The number of carbonyl (C=O) groups excluding carboxylic acids is 1. The number of nitrogens with zero attached hydrogens (tertiary/aromatic N) is 2. The highest BCUT2D eigenvalue weighted by Crippen LogP contribution is 1.97. The third-order valence-corrected chi connectivity index (χ3v) is 2.17. The quantitative estimate of drug-likeness (QED) is 0.874. The van der Waals surface area contributed by atoms with Crippen molar-refractivity contribution in [2.24, 2.45) is 0 Å². The van der Waals surface area contributed by atoms with Crippen LogP contribution in [0, 0.1) is 0 Å². The van der Waals surface area contributed by atoms with Gasteiger partial charge in [-0.1, -0.05) is 0 Å². The van der Waals surface area contributed by atoms with Crippen LogP contribution in [0.2, 0.25) is 0 Å². The molecule has 5 nitrogen and oxygen atoms in total. The third kappa shape index (κ3) is 3.47. The van der Waals surface area contributed by atoms with Crippen molar-refractivity contribution in [2.45, 2.75) is 26.4 Å². The van der Waals surface area contributed by atoms with E-state index in [1.807, 2.05) is 13.8 Å². The molecule has 0 atom stereocenters. The lowest BCUT2D eigenvalue weighted by atomic mass is 10.4. The van der Waals surface area contributed by atoms with E-state index in [-0.39, 0.29) is 24.1 Å². The first-order valence-corrected chi connectivity index (χ1v) is 5.29. The van der Waals surface area contributed by atoms with Crippen LogP contribution >= 0.6 is 15.9 Å². The Balaban J connectivity index is 2.77. The van der Waals surface area contributed by atoms with Crippen LogP contribution in [0.15, 0.2) is 21.8 Å². The smallest absolute Gasteiger partial charge is 0.268 e. The summed E-state index contributed by atoms with van der Waals surface area (Å²) < 4.78 is 1.60. The Bertz CT molecular complexity index is 414. The van der Waals surface area contributed by atoms with Gasteiger partial charge in [0.1, 0.15) is 11.0 Å². The van der Waals surface area contributed by atoms with E-state index in [0.717, 1.165) is 0 Å². The van der Waals surface area contributed by atoms with Gasteiger partial charge in [-0.3, -0.25) is 14.2 Å². The summed E-state index contributed by atoms with van der Waals surface area (Å²) in [6.45, 7) is 3.71. The highest BCUT2D eigenvalue weighted by molar-refractivity contribution is 9.10. The van der Waals surface area contributed by atoms with Gasteiger partial charge in [0.25, 0.3) is 5.56 Å². The molecule has 0 saturated carbocycles. The minimum absolute atomic E-state index is 0.0105. The number of amides is 1. The molecule has 15 heavy (non-hydrogen) atoms. The minimum atomic E-state index is -0.260. The van der Waals surface area contributed by atoms with Crippen LogP contribution in [0.25, 0.3) is 0 Å². The molecule has 0 aliphatic rings. The molecule has 0 aromatic carbocycles. The second-order valence-electron chi connectivity index (χ2n) is 3.40. The first-order valence-electron chi connectivity index (χ1n) is 4.50. The van der Waals surface area contributed by atoms with E-state index < -0.39 is 0 Å². The maximum absolute atomic E-state index is 11.5. The number of rotatable bonds is 3. The Morgan fingerprint density at radius 1 is 1.67 bits per heavy atom. The van der Waals surface area contributed by atoms with Gasteiger partial charge in [0.2, 0.25) is 5.91 Å². The molecule has 1 N–H and O–H groups in total. The fourth-order valence-corrected chi connectivity index (χ4v) is 1.41. The predicted octanol–water partition coefficient (Wildman–Crippen LogP) is 0.530. The normalized spacial score (nSPS) is 10.4. The van der Waals surface area contributed by atoms with E-state index in [0.29, 0.717) is 4.47 Å². The number of aromatic nitrogens is 2. The van der Waals surface area contributed by atoms with Crippen molar-refractivity contribution < 1.29 is 4.79 Å². The third-order valence-electron chi connectivity index (χ3n) is 1.62. The van der Waals surface area contributed by atoms with Gasteiger partial charge in [0.05, 0.1) is 6.33 Å². The SMILES string of the molecule is CC(C)NC(=O)Cn1cncc(Br)c1=O. The zero-order chi connectivity index (χ0) is 11.4. The van der Waals surface area contributed by atoms with Crippen molar-refractivity contribution >= 4 is 21.8 Å². The average Bonchev–Trinajstić information content (AvgIpc) is 2.11. The van der Waals surface area contributed by atoms with Crippen LogP contribution in [0.4, 0.5) is 0 Å². The number of nitrogens with one attached hydrogen (secondary N) is 1. The van der Waals surface area contributed by atoms with Gasteiger partial charge in [-0.05, 0) is 29.8 Å². The van der Waals surface area contributed by atoms with Crippen LogP contribution < -0.4 is 10.9 Å². The summed E-state index contributed by atoms with van der Waals surface area (Å²) in [6.07, 6.45) is 2.74. The van der Waals surface area contributed by atoms with E-state index in [1.165, 1.54) is 17.1 Å². The number of hydrogen-bond donors (Lipinski definition) is 1. The van der Waals surface area contributed by atoms with Gasteiger partial charge >= 0.3 is 0 Å². The molecule has 1 aromatic rings. The highest BCUT2D eigenvalue weighted by atomic mass is 79.9. The molecule has 6 heteroatoms. The molecule has 0 spiro atoms. The fraction of sp³-hybridized carbons (Fsp3) is 0.444. The molecule has 82 valence electrons. The molecule has 1 aromatic heterocycles. The molecular weight excluding hydrogens is 262 g/mol. The first kappa shape index (κ1) is 11.9. The van der Waals surface area contributed by atoms with Gasteiger partial charge < -0.3 is 5.32 Å². The monoisotopic (exact) mass is 273 g/mol. The lowest BCUT2D eigenvalue weighted by Gasteiger charge is -2.09. The summed E-state index contributed by atoms with van der Waals surface area (Å²) in [7, 11) is 0. The molecule has 0 bridgehead atoms. The summed E-state index contributed by atoms with van der Waals surface area (Å²) in [5, 5.41) is 2.70. The van der Waals surface area contributed by atoms with E-state index >= 15 is 0 Å². The van der Waals surface area contributed by atoms with Crippen molar-refractivity contribution in [1.82, 2.24) is 14.9 Å². The molecular formula is C9H12BrN3O2. The van der Waals surface area contributed by atoms with Gasteiger partial charge in [0.15, 0.2) is 0 Å². The molecule has 0 radical (unpaired) electrons. The van der Waals surface area contributed by atoms with Crippen LogP contribution in [0.3, 0.4) is 0 Å². The van der Waals surface area contributed by atoms with E-state index in [1.54, 1.807) is 0 Å². The summed E-state index contributed by atoms with van der Waals surface area (Å²) >= 11 is 3.06. The van der Waals surface area contributed by atoms with Crippen LogP contribution in [-0.2, 0) is 11.3 Å². The molecule has 0 saturated heterocycles. The van der Waals surface area contributed by atoms with Crippen LogP contribution in [0.5, 0.6) is 0 Å². The summed E-state index contributed by atoms with van der Waals surface area (Å²) in [6, 6.07) is 0.0633. The fourth-order valence-electron chi connectivity index (χ4n) is 1.06. The zero-order valence-electron chi connectivity index (χ0n) is 8.53. The maximum Gasteiger partial charge on any atom is 0.268 e. The van der Waals surface area contributed by atoms with E-state index in [2.05, 4.69) is 26.2 Å². The minimum Gasteiger partial charge on any atom is -0.352 e. The molecule has 1 rings (SSSR count). The predicted molar refractivity (Wildman–Crippen MR) is 59.5 cm³/mol. The summed E-state index contributed by atoms with van der Waals surface area (Å²) in [5.74, 6) is -0.202. The van der Waals surface area contributed by atoms with Crippen LogP contribution in [0.1, 0.15) is 13.8 Å². The second-order valence-corrected chi connectivity index (χ2v) is 4.25. The van der Waals surface area contributed by atoms with Crippen molar-refractivity contribution in [2.75, 3.05) is 0 Å². The maximum atomic E-state index is 11.5. The van der Waals surface area contributed by atoms with Crippen molar-refractivity contribution in [3.63, 3.8) is 0 Å². The van der Waals surface area contributed by atoms with Crippen molar-refractivity contribution in [1.29, 1.82) is 0 Å². The number of halogens is 1. The van der Waals surface area contributed by atoms with Gasteiger partial charge in [-0.2, -0.15) is 0 Å². The molecule has 1 heterocycles. The van der Waals surface area contributed by atoms with Gasteiger partial charge in [0, 0.05) is 12.2 Å². The second kappa shape index (κ2) is 5.06.